The third kappa shape index (κ3) is 12.7. The zero-order valence-corrected chi connectivity index (χ0v) is 49.6. The summed E-state index contributed by atoms with van der Waals surface area (Å²) in [6.07, 6.45) is 7.64. The number of H-pyrrole nitrogens is 2. The first-order valence-electron chi connectivity index (χ1n) is 24.9. The second-order valence-corrected chi connectivity index (χ2v) is 26.7. The van der Waals surface area contributed by atoms with E-state index in [0.717, 1.165) is 104 Å². The average Bonchev–Trinajstić information content (AvgIpc) is 4.33. The molecule has 2 aliphatic rings. The maximum Gasteiger partial charge on any atom is 0.489 e. The number of aryl methyl sites for hydroxylation is 6. The van der Waals surface area contributed by atoms with Crippen molar-refractivity contribution < 1.29 is 57.1 Å². The van der Waals surface area contributed by atoms with Gasteiger partial charge in [-0.05, 0) is 166 Å². The summed E-state index contributed by atoms with van der Waals surface area (Å²) < 4.78 is 67.6. The molecule has 6 heterocycles. The van der Waals surface area contributed by atoms with Crippen LogP contribution in [0.15, 0.2) is 94.2 Å². The van der Waals surface area contributed by atoms with Crippen molar-refractivity contribution in [2.45, 2.75) is 98.5 Å². The maximum absolute atomic E-state index is 12.6. The van der Waals surface area contributed by atoms with Crippen LogP contribution in [0.5, 0.6) is 0 Å². The van der Waals surface area contributed by atoms with E-state index in [-0.39, 0.29) is 29.8 Å². The molecule has 0 spiro atoms. The molecular formula is C55H62BI2N10O8S2-. The molecule has 10 aromatic rings. The number of hydrogen-bond acceptors (Lipinski definition) is 14. The van der Waals surface area contributed by atoms with E-state index in [2.05, 4.69) is 92.1 Å². The largest absolute Gasteiger partial charge is 0.489 e. The van der Waals surface area contributed by atoms with Crippen molar-refractivity contribution in [1.82, 2.24) is 40.2 Å². The fraction of sp³-hybridized carbons (Fsp3) is 0.309. The van der Waals surface area contributed by atoms with Crippen LogP contribution in [-0.4, -0.2) is 94.1 Å². The number of fused-ring (bicyclic) bond motifs is 4. The van der Waals surface area contributed by atoms with Crippen LogP contribution in [0.3, 0.4) is 0 Å². The van der Waals surface area contributed by atoms with Crippen molar-refractivity contribution in [2.75, 3.05) is 18.8 Å². The van der Waals surface area contributed by atoms with E-state index in [0.29, 0.717) is 63.6 Å². The number of benzene rings is 4. The molecule has 6 aromatic heterocycles. The molecule has 2 fully saturated rings. The van der Waals surface area contributed by atoms with Crippen LogP contribution < -0.4 is 36.1 Å². The zero-order valence-electron chi connectivity index (χ0n) is 43.7. The van der Waals surface area contributed by atoms with Gasteiger partial charge < -0.3 is 29.1 Å². The van der Waals surface area contributed by atoms with Crippen molar-refractivity contribution in [3.05, 3.63) is 123 Å². The van der Waals surface area contributed by atoms with Crippen LogP contribution in [-0.2, 0) is 20.0 Å². The van der Waals surface area contributed by atoms with E-state index in [1.54, 1.807) is 18.5 Å². The van der Waals surface area contributed by atoms with Gasteiger partial charge in [-0.3, -0.25) is 19.4 Å². The molecule has 4 aromatic carbocycles. The smallest absolute Gasteiger partial charge is 0.423 e. The van der Waals surface area contributed by atoms with Gasteiger partial charge in [0.05, 0.1) is 49.5 Å². The molecule has 78 heavy (non-hydrogen) atoms. The Labute approximate surface area is 478 Å². The summed E-state index contributed by atoms with van der Waals surface area (Å²) in [5.41, 5.74) is 14.3. The minimum absolute atomic E-state index is 0. The van der Waals surface area contributed by atoms with Crippen molar-refractivity contribution in [3.63, 3.8) is 0 Å². The molecule has 12 rings (SSSR count). The molecule has 0 amide bonds. The number of aromatic amines is 2. The topological polar surface area (TPSA) is 268 Å². The monoisotopic (exact) mass is 1320 g/mol. The van der Waals surface area contributed by atoms with E-state index < -0.39 is 27.2 Å². The number of hydrogen-bond donors (Lipinski definition) is 6. The number of imidazole rings is 2. The first kappa shape index (κ1) is 58.2. The number of halogens is 2. The van der Waals surface area contributed by atoms with Crippen molar-refractivity contribution in [1.29, 1.82) is 0 Å². The van der Waals surface area contributed by atoms with E-state index in [1.165, 1.54) is 10.8 Å². The fourth-order valence-electron chi connectivity index (χ4n) is 9.19. The minimum atomic E-state index is -3.45. The summed E-state index contributed by atoms with van der Waals surface area (Å²) in [7, 11) is -8.23. The van der Waals surface area contributed by atoms with Gasteiger partial charge >= 0.3 is 51.0 Å². The maximum atomic E-state index is 12.6. The summed E-state index contributed by atoms with van der Waals surface area (Å²) >= 11 is 2.80. The number of pyridine rings is 2. The van der Waals surface area contributed by atoms with E-state index in [4.69, 9.17) is 14.0 Å². The molecule has 0 unspecified atom stereocenters. The summed E-state index contributed by atoms with van der Waals surface area (Å²) in [5, 5.41) is 27.7. The molecule has 2 aliphatic carbocycles. The van der Waals surface area contributed by atoms with Gasteiger partial charge in [0.1, 0.15) is 17.0 Å². The van der Waals surface area contributed by atoms with Crippen LogP contribution >= 0.6 is 22.6 Å². The molecule has 2 saturated carbocycles. The van der Waals surface area contributed by atoms with E-state index in [1.807, 2.05) is 95.3 Å². The van der Waals surface area contributed by atoms with Gasteiger partial charge in [0, 0.05) is 43.4 Å². The number of nitrogens with one attached hydrogen (secondary N) is 4. The molecule has 6 N–H and O–H groups in total. The molecule has 0 aliphatic heterocycles. The number of sulfonamides is 2. The Morgan fingerprint density at radius 2 is 1.17 bits per heavy atom. The molecule has 0 radical (unpaired) electrons. The normalized spacial score (nSPS) is 13.3. The Kier molecular flexibility index (Phi) is 18.0. The van der Waals surface area contributed by atoms with E-state index in [9.17, 15) is 26.9 Å². The quantitative estimate of drug-likeness (QED) is 0.0391. The Hall–Kier alpha value is -6.00. The van der Waals surface area contributed by atoms with Crippen LogP contribution in [0.4, 0.5) is 11.9 Å². The van der Waals surface area contributed by atoms with Crippen LogP contribution in [0, 0.1) is 45.1 Å². The van der Waals surface area contributed by atoms with Gasteiger partial charge in [-0.15, -0.1) is 0 Å². The predicted octanol–water partition coefficient (Wildman–Crippen LogP) is 7.58. The van der Waals surface area contributed by atoms with Gasteiger partial charge in [-0.25, -0.2) is 26.8 Å². The van der Waals surface area contributed by atoms with Crippen LogP contribution in [0.1, 0.15) is 80.5 Å². The van der Waals surface area contributed by atoms with Gasteiger partial charge in [0.2, 0.25) is 31.9 Å². The Balaban J connectivity index is 0.000000158. The molecule has 23 heteroatoms. The Morgan fingerprint density at radius 3 is 1.64 bits per heavy atom. The molecule has 0 saturated heterocycles. The molecular weight excluding hydrogens is 1260 g/mol. The van der Waals surface area contributed by atoms with Gasteiger partial charge in [0.25, 0.3) is 0 Å². The summed E-state index contributed by atoms with van der Waals surface area (Å²) in [6.45, 7) is 13.7. The molecule has 0 atom stereocenters. The number of aromatic nitrogens is 8. The summed E-state index contributed by atoms with van der Waals surface area (Å²) in [4.78, 5) is 26.3. The Bertz CT molecular complexity index is 4000. The first-order chi connectivity index (χ1) is 36.8. The SMILES string of the molecule is C.CCC[I-]C.Cc1ccc2ncccc2c1-c1cc(-c2c(C)noc2C)cc2[nH]c(NS(=O)(=O)C3CC3)nc12.Cc1ccc2ncccc2c1B(O)O.Cc1noc(C)c1-c1cc(I)c2nc(NS(=O)(=O)C3CC3)[nH]c2c1. The molecule has 0 bridgehead atoms. The van der Waals surface area contributed by atoms with Crippen molar-refractivity contribution in [2.24, 2.45) is 0 Å². The van der Waals surface area contributed by atoms with Gasteiger partial charge in [0.15, 0.2) is 0 Å². The second-order valence-electron chi connectivity index (χ2n) is 19.1. The molecule has 18 nitrogen and oxygen atoms in total. The number of nitrogens with zero attached hydrogens (tertiary/aromatic N) is 6. The zero-order chi connectivity index (χ0) is 54.9. The second kappa shape index (κ2) is 24.2. The standard InChI is InChI=1S/C25H23N5O3S.C15H15IN4O3S.C10H10BNO2.C4H10I.CH4/c1-13-6-9-20-18(5-4-10-26-20)22(13)19-11-16(23-14(2)29-33-15(23)3)12-21-24(19)28-25(27-21)30-34(31,32)17-7-8-17;1-7-13(8(2)23-19-7)9-5-11(16)14-12(6-9)17-15(18-14)20-24(21,22)10-3-4-10;1-7-4-5-9-8(3-2-6-12-9)10(7)11(13)14;1-3-4-5-2;/h4-6,9-12,17H,7-8H2,1-3H3,(H2,27,28,30);5-6,10H,3-4H2,1-2H3,(H2,17,18,20);2-6,13-14H,1H3;3-4H2,1-2H3;1H4/q;;;-1;. The third-order valence-corrected chi connectivity index (χ3v) is 19.8. The van der Waals surface area contributed by atoms with Crippen LogP contribution in [0.25, 0.3) is 77.3 Å². The van der Waals surface area contributed by atoms with Gasteiger partial charge in [-0.1, -0.05) is 47.6 Å². The average molecular weight is 1320 g/mol. The number of anilines is 2. The first-order valence-corrected chi connectivity index (χ1v) is 32.8. The third-order valence-electron chi connectivity index (χ3n) is 13.1. The summed E-state index contributed by atoms with van der Waals surface area (Å²) in [5.74, 6) is 1.94. The minimum Gasteiger partial charge on any atom is -0.423 e. The predicted molar refractivity (Wildman–Crippen MR) is 316 cm³/mol. The van der Waals surface area contributed by atoms with E-state index >= 15 is 0 Å². The fourth-order valence-corrected chi connectivity index (χ4v) is 13.6. The van der Waals surface area contributed by atoms with Crippen molar-refractivity contribution >= 4 is 111 Å². The molecule has 410 valence electrons. The number of rotatable bonds is 12. The van der Waals surface area contributed by atoms with Crippen molar-refractivity contribution in [3.8, 4) is 33.4 Å². The Morgan fingerprint density at radius 1 is 0.679 bits per heavy atom. The number of alkyl halides is 2. The van der Waals surface area contributed by atoms with Crippen LogP contribution in [0.2, 0.25) is 0 Å². The van der Waals surface area contributed by atoms with Gasteiger partial charge in [-0.2, -0.15) is 0 Å². The summed E-state index contributed by atoms with van der Waals surface area (Å²) in [6, 6.07) is 23.3.